The molecule has 0 spiro atoms. The quantitative estimate of drug-likeness (QED) is 0.203. The van der Waals surface area contributed by atoms with Crippen LogP contribution in [0.15, 0.2) is 91.7 Å². The van der Waals surface area contributed by atoms with Gasteiger partial charge in [-0.3, -0.25) is 14.8 Å². The largest absolute Gasteiger partial charge is 0.495 e. The van der Waals surface area contributed by atoms with Crippen LogP contribution in [0.25, 0.3) is 0 Å². The zero-order valence-electron chi connectivity index (χ0n) is 23.4. The number of halogens is 4. The Kier molecular flexibility index (Phi) is 10.4. The van der Waals surface area contributed by atoms with Crippen molar-refractivity contribution in [3.05, 3.63) is 114 Å². The van der Waals surface area contributed by atoms with E-state index in [-0.39, 0.29) is 12.5 Å². The first kappa shape index (κ1) is 32.1. The molecule has 0 saturated heterocycles. The summed E-state index contributed by atoms with van der Waals surface area (Å²) in [5.74, 6) is 1.20. The fourth-order valence-corrected chi connectivity index (χ4v) is 6.27. The van der Waals surface area contributed by atoms with Crippen molar-refractivity contribution >= 4 is 101 Å². The molecule has 12 heteroatoms. The molecule has 2 aliphatic heterocycles. The molecule has 0 atom stereocenters. The van der Waals surface area contributed by atoms with E-state index in [0.29, 0.717) is 38.7 Å². The van der Waals surface area contributed by atoms with E-state index in [1.165, 1.54) is 0 Å². The number of thiocarbonyl (C=S) groups is 1. The summed E-state index contributed by atoms with van der Waals surface area (Å²) in [4.78, 5) is 21.6. The number of carbonyl (C=O) groups excluding carboxylic acids is 1. The average Bonchev–Trinajstić information content (AvgIpc) is 3.27. The first-order chi connectivity index (χ1) is 21.2. The van der Waals surface area contributed by atoms with E-state index >= 15 is 0 Å². The third kappa shape index (κ3) is 7.00. The fourth-order valence-electron chi connectivity index (χ4n) is 4.64. The molecule has 0 aliphatic carbocycles. The summed E-state index contributed by atoms with van der Waals surface area (Å²) >= 11 is 24.9. The average molecular weight is 775 g/mol. The van der Waals surface area contributed by atoms with Gasteiger partial charge in [-0.15, -0.1) is 0 Å². The van der Waals surface area contributed by atoms with Crippen LogP contribution < -0.4 is 20.1 Å². The molecule has 0 bridgehead atoms. The zero-order valence-corrected chi connectivity index (χ0v) is 28.9. The van der Waals surface area contributed by atoms with E-state index in [9.17, 15) is 4.79 Å². The lowest BCUT2D eigenvalue weighted by atomic mass is 10.0. The number of benzene rings is 4. The van der Waals surface area contributed by atoms with Crippen molar-refractivity contribution < 1.29 is 14.3 Å². The lowest BCUT2D eigenvalue weighted by Crippen LogP contribution is -2.13. The molecule has 7 nitrogen and oxygen atoms in total. The number of rotatable bonds is 4. The first-order valence-electron chi connectivity index (χ1n) is 13.1. The molecule has 0 radical (unpaired) electrons. The fraction of sp³-hybridized carbons (Fsp3) is 0.125. The first-order valence-corrected chi connectivity index (χ1v) is 15.9. The number of carbonyl (C=O) groups is 1. The molecule has 6 rings (SSSR count). The smallest absolute Gasteiger partial charge is 0.246 e. The van der Waals surface area contributed by atoms with Crippen molar-refractivity contribution in [3.63, 3.8) is 0 Å². The Labute approximate surface area is 286 Å². The molecule has 0 saturated carbocycles. The minimum atomic E-state index is -0.173. The van der Waals surface area contributed by atoms with Crippen LogP contribution in [0, 0.1) is 0 Å². The number of hydrogen-bond acceptors (Lipinski definition) is 6. The SMILES string of the molecule is COc1cc2c(cc1Br)C(c1ccccc1Cl)=NCC(=O)N2.COc1cc2c(cc1Br)C(c1ccccc1Cl)=NCC(=S)N2. The number of nitrogens with one attached hydrogen (secondary N) is 2. The molecular formula is C32H24Br2Cl2N4O3S. The summed E-state index contributed by atoms with van der Waals surface area (Å²) in [5.41, 5.74) is 6.42. The second-order valence-electron chi connectivity index (χ2n) is 9.45. The summed E-state index contributed by atoms with van der Waals surface area (Å²) in [6, 6.07) is 22.6. The second-order valence-corrected chi connectivity index (χ2v) is 12.5. The van der Waals surface area contributed by atoms with Gasteiger partial charge in [0.15, 0.2) is 0 Å². The molecule has 0 unspecified atom stereocenters. The lowest BCUT2D eigenvalue weighted by molar-refractivity contribution is -0.114. The highest BCUT2D eigenvalue weighted by atomic mass is 79.9. The normalized spacial score (nSPS) is 13.8. The highest BCUT2D eigenvalue weighted by Gasteiger charge is 2.22. The van der Waals surface area contributed by atoms with Gasteiger partial charge >= 0.3 is 0 Å². The number of nitrogens with zero attached hydrogens (tertiary/aromatic N) is 2. The van der Waals surface area contributed by atoms with Crippen molar-refractivity contribution in [2.24, 2.45) is 9.98 Å². The number of ether oxygens (including phenoxy) is 2. The van der Waals surface area contributed by atoms with Gasteiger partial charge < -0.3 is 20.1 Å². The van der Waals surface area contributed by atoms with Crippen LogP contribution in [0.1, 0.15) is 22.3 Å². The third-order valence-electron chi connectivity index (χ3n) is 6.66. The molecule has 4 aromatic carbocycles. The van der Waals surface area contributed by atoms with Gasteiger partial charge in [0.1, 0.15) is 23.0 Å². The van der Waals surface area contributed by atoms with Gasteiger partial charge in [0, 0.05) is 44.4 Å². The molecule has 0 aromatic heterocycles. The maximum atomic E-state index is 11.9. The lowest BCUT2D eigenvalue weighted by Gasteiger charge is -2.14. The highest BCUT2D eigenvalue weighted by Crippen LogP contribution is 2.36. The van der Waals surface area contributed by atoms with Gasteiger partial charge in [-0.25, -0.2) is 0 Å². The number of amides is 1. The second kappa shape index (κ2) is 14.2. The summed E-state index contributed by atoms with van der Waals surface area (Å²) in [7, 11) is 3.21. The Morgan fingerprint density at radius 2 is 1.16 bits per heavy atom. The van der Waals surface area contributed by atoms with Gasteiger partial charge in [0.2, 0.25) is 5.91 Å². The molecule has 2 aliphatic rings. The number of methoxy groups -OCH3 is 2. The number of anilines is 2. The maximum absolute atomic E-state index is 11.9. The molecule has 0 fully saturated rings. The number of aliphatic imine (C=N–C) groups is 2. The Morgan fingerprint density at radius 1 is 0.705 bits per heavy atom. The maximum Gasteiger partial charge on any atom is 0.246 e. The number of fused-ring (bicyclic) bond motifs is 2. The topological polar surface area (TPSA) is 84.3 Å². The van der Waals surface area contributed by atoms with Crippen molar-refractivity contribution in [1.29, 1.82) is 0 Å². The summed E-state index contributed by atoms with van der Waals surface area (Å²) in [6.07, 6.45) is 0. The van der Waals surface area contributed by atoms with Crippen LogP contribution in [0.3, 0.4) is 0 Å². The van der Waals surface area contributed by atoms with Crippen molar-refractivity contribution in [1.82, 2.24) is 0 Å². The van der Waals surface area contributed by atoms with Crippen LogP contribution in [0.5, 0.6) is 11.5 Å². The van der Waals surface area contributed by atoms with Gasteiger partial charge in [0.25, 0.3) is 0 Å². The van der Waals surface area contributed by atoms with E-state index in [2.05, 4.69) is 52.5 Å². The van der Waals surface area contributed by atoms with E-state index in [1.54, 1.807) is 26.4 Å². The van der Waals surface area contributed by atoms with Crippen LogP contribution in [0.4, 0.5) is 11.4 Å². The number of benzodiazepines with no additional fused rings is 2. The van der Waals surface area contributed by atoms with Gasteiger partial charge in [-0.1, -0.05) is 71.8 Å². The van der Waals surface area contributed by atoms with Gasteiger partial charge in [-0.2, -0.15) is 0 Å². The summed E-state index contributed by atoms with van der Waals surface area (Å²) in [5, 5.41) is 7.31. The standard InChI is InChI=1S/C16H12BrClN2O2.C16H12BrClN2OS/c1-22-14-7-13-10(6-11(14)17)16(19-8-15(21)20-13)9-4-2-3-5-12(9)18;1-21-14-7-13-10(6-11(14)17)16(19-8-15(22)20-13)9-4-2-3-5-12(9)18/h2-7H,8H2,1H3,(H,20,21);2-7H,8H2,1H3,(H,20,22). The van der Waals surface area contributed by atoms with Gasteiger partial charge in [0.05, 0.1) is 52.5 Å². The highest BCUT2D eigenvalue weighted by molar-refractivity contribution is 9.11. The Morgan fingerprint density at radius 3 is 1.64 bits per heavy atom. The predicted octanol–water partition coefficient (Wildman–Crippen LogP) is 8.60. The molecule has 2 N–H and O–H groups in total. The minimum Gasteiger partial charge on any atom is -0.495 e. The van der Waals surface area contributed by atoms with Gasteiger partial charge in [-0.05, 0) is 56.1 Å². The van der Waals surface area contributed by atoms with Crippen molar-refractivity contribution in [2.75, 3.05) is 37.9 Å². The van der Waals surface area contributed by atoms with Crippen LogP contribution >= 0.6 is 67.3 Å². The van der Waals surface area contributed by atoms with E-state index in [1.807, 2.05) is 60.7 Å². The molecule has 224 valence electrons. The predicted molar refractivity (Wildman–Crippen MR) is 190 cm³/mol. The molecule has 4 aromatic rings. The molecule has 2 heterocycles. The van der Waals surface area contributed by atoms with E-state index in [4.69, 9.17) is 44.9 Å². The van der Waals surface area contributed by atoms with Crippen LogP contribution in [-0.4, -0.2) is 49.6 Å². The minimum absolute atomic E-state index is 0.0508. The molecule has 1 amide bonds. The Balaban J connectivity index is 0.000000175. The van der Waals surface area contributed by atoms with Crippen molar-refractivity contribution in [2.45, 2.75) is 0 Å². The number of hydrogen-bond donors (Lipinski definition) is 2. The molecular weight excluding hydrogens is 751 g/mol. The van der Waals surface area contributed by atoms with Crippen LogP contribution in [-0.2, 0) is 4.79 Å². The van der Waals surface area contributed by atoms with Crippen LogP contribution in [0.2, 0.25) is 10.0 Å². The Hall–Kier alpha value is -3.28. The van der Waals surface area contributed by atoms with Crippen molar-refractivity contribution in [3.8, 4) is 11.5 Å². The van der Waals surface area contributed by atoms with E-state index in [0.717, 1.165) is 48.3 Å². The van der Waals surface area contributed by atoms with E-state index < -0.39 is 0 Å². The molecule has 44 heavy (non-hydrogen) atoms. The summed E-state index contributed by atoms with van der Waals surface area (Å²) < 4.78 is 12.3. The zero-order chi connectivity index (χ0) is 31.4. The Bertz CT molecular complexity index is 1720. The summed E-state index contributed by atoms with van der Waals surface area (Å²) in [6.45, 7) is 0.472. The monoisotopic (exact) mass is 772 g/mol. The third-order valence-corrected chi connectivity index (χ3v) is 8.79.